The van der Waals surface area contributed by atoms with Gasteiger partial charge in [0.25, 0.3) is 5.69 Å². The Hall–Kier alpha value is -2.11. The molecule has 1 aromatic rings. The Balaban J connectivity index is 2.18. The number of carboxylic acids is 1. The zero-order valence-corrected chi connectivity index (χ0v) is 11.2. The number of nitrogens with one attached hydrogen (secondary N) is 1. The van der Waals surface area contributed by atoms with Crippen LogP contribution in [0.15, 0.2) is 18.2 Å². The quantitative estimate of drug-likeness (QED) is 0.500. The maximum absolute atomic E-state index is 10.9. The Morgan fingerprint density at radius 1 is 1.25 bits per heavy atom. The van der Waals surface area contributed by atoms with Crippen molar-refractivity contribution in [2.45, 2.75) is 44.6 Å². The molecule has 1 aromatic carbocycles. The number of carboxylic acid groups (broad SMARTS) is 1. The second kappa shape index (κ2) is 6.36. The molecule has 2 rings (SSSR count). The highest BCUT2D eigenvalue weighted by molar-refractivity contribution is 5.93. The molecule has 0 aliphatic heterocycles. The summed E-state index contributed by atoms with van der Waals surface area (Å²) in [6, 6.07) is 4.52. The Labute approximate surface area is 117 Å². The van der Waals surface area contributed by atoms with Crippen LogP contribution in [0.2, 0.25) is 0 Å². The van der Waals surface area contributed by atoms with E-state index in [1.807, 2.05) is 0 Å². The van der Waals surface area contributed by atoms with E-state index in [2.05, 4.69) is 5.32 Å². The van der Waals surface area contributed by atoms with Gasteiger partial charge in [-0.2, -0.15) is 0 Å². The van der Waals surface area contributed by atoms with Gasteiger partial charge in [0.15, 0.2) is 0 Å². The molecule has 0 saturated heterocycles. The molecule has 0 amide bonds. The molecule has 0 bridgehead atoms. The van der Waals surface area contributed by atoms with E-state index in [0.717, 1.165) is 25.7 Å². The van der Waals surface area contributed by atoms with Crippen molar-refractivity contribution in [1.82, 2.24) is 0 Å². The van der Waals surface area contributed by atoms with Gasteiger partial charge in [0.1, 0.15) is 5.56 Å². The molecular formula is C14H18N2O4. The van der Waals surface area contributed by atoms with E-state index in [9.17, 15) is 14.9 Å². The van der Waals surface area contributed by atoms with Gasteiger partial charge in [-0.25, -0.2) is 4.79 Å². The third-order valence-corrected chi connectivity index (χ3v) is 3.65. The van der Waals surface area contributed by atoms with Gasteiger partial charge >= 0.3 is 5.97 Å². The number of carbonyl (C=O) groups is 1. The zero-order valence-electron chi connectivity index (χ0n) is 11.2. The fourth-order valence-corrected chi connectivity index (χ4v) is 2.61. The fraction of sp³-hybridized carbons (Fsp3) is 0.500. The van der Waals surface area contributed by atoms with Crippen LogP contribution in [0.5, 0.6) is 0 Å². The van der Waals surface area contributed by atoms with Crippen LogP contribution in [-0.4, -0.2) is 22.0 Å². The standard InChI is InChI=1S/C14H18N2O4/c17-14(18)12-8-7-11(9-13(12)16(19)20)15-10-5-3-1-2-4-6-10/h7-10,15H,1-6H2,(H,17,18). The number of nitrogens with zero attached hydrogens (tertiary/aromatic N) is 1. The SMILES string of the molecule is O=C(O)c1ccc(NC2CCCCCC2)cc1[N+](=O)[O-]. The van der Waals surface area contributed by atoms with E-state index in [1.54, 1.807) is 6.07 Å². The molecule has 0 unspecified atom stereocenters. The lowest BCUT2D eigenvalue weighted by Gasteiger charge is -2.17. The van der Waals surface area contributed by atoms with Crippen LogP contribution in [0.25, 0.3) is 0 Å². The summed E-state index contributed by atoms with van der Waals surface area (Å²) < 4.78 is 0. The molecule has 20 heavy (non-hydrogen) atoms. The van der Waals surface area contributed by atoms with Gasteiger partial charge < -0.3 is 10.4 Å². The van der Waals surface area contributed by atoms with Crippen LogP contribution < -0.4 is 5.32 Å². The van der Waals surface area contributed by atoms with Crippen molar-refractivity contribution in [2.24, 2.45) is 0 Å². The van der Waals surface area contributed by atoms with Gasteiger partial charge in [-0.1, -0.05) is 25.7 Å². The van der Waals surface area contributed by atoms with E-state index in [4.69, 9.17) is 5.11 Å². The molecule has 0 spiro atoms. The summed E-state index contributed by atoms with van der Waals surface area (Å²) in [5.41, 5.74) is -0.0221. The molecule has 2 N–H and O–H groups in total. The van der Waals surface area contributed by atoms with Crippen molar-refractivity contribution in [3.63, 3.8) is 0 Å². The molecule has 0 heterocycles. The lowest BCUT2D eigenvalue weighted by atomic mass is 10.1. The van der Waals surface area contributed by atoms with Gasteiger partial charge in [-0.05, 0) is 25.0 Å². The monoisotopic (exact) mass is 278 g/mol. The molecule has 0 aromatic heterocycles. The number of hydrogen-bond donors (Lipinski definition) is 2. The Morgan fingerprint density at radius 3 is 2.45 bits per heavy atom. The molecule has 6 heteroatoms. The van der Waals surface area contributed by atoms with E-state index in [1.165, 1.54) is 25.0 Å². The highest BCUT2D eigenvalue weighted by Gasteiger charge is 2.21. The van der Waals surface area contributed by atoms with Crippen LogP contribution in [0.3, 0.4) is 0 Å². The van der Waals surface area contributed by atoms with Crippen molar-refractivity contribution in [3.8, 4) is 0 Å². The second-order valence-corrected chi connectivity index (χ2v) is 5.13. The first kappa shape index (κ1) is 14.3. The third kappa shape index (κ3) is 3.46. The summed E-state index contributed by atoms with van der Waals surface area (Å²) in [6.07, 6.45) is 6.88. The van der Waals surface area contributed by atoms with Crippen LogP contribution in [0.4, 0.5) is 11.4 Å². The lowest BCUT2D eigenvalue weighted by Crippen LogP contribution is -2.18. The number of benzene rings is 1. The molecule has 6 nitrogen and oxygen atoms in total. The largest absolute Gasteiger partial charge is 0.477 e. The number of rotatable bonds is 4. The number of nitro groups is 1. The second-order valence-electron chi connectivity index (χ2n) is 5.13. The lowest BCUT2D eigenvalue weighted by molar-refractivity contribution is -0.385. The van der Waals surface area contributed by atoms with E-state index < -0.39 is 10.9 Å². The van der Waals surface area contributed by atoms with Gasteiger partial charge in [0.05, 0.1) is 4.92 Å². The first-order valence-corrected chi connectivity index (χ1v) is 6.86. The van der Waals surface area contributed by atoms with Crippen LogP contribution >= 0.6 is 0 Å². The van der Waals surface area contributed by atoms with E-state index >= 15 is 0 Å². The van der Waals surface area contributed by atoms with Crippen molar-refractivity contribution in [2.75, 3.05) is 5.32 Å². The zero-order chi connectivity index (χ0) is 14.5. The minimum absolute atomic E-state index is 0.276. The Kier molecular flexibility index (Phi) is 4.55. The molecular weight excluding hydrogens is 260 g/mol. The average Bonchev–Trinajstić information content (AvgIpc) is 2.67. The van der Waals surface area contributed by atoms with Crippen LogP contribution in [0, 0.1) is 10.1 Å². The topological polar surface area (TPSA) is 92.5 Å². The van der Waals surface area contributed by atoms with Crippen LogP contribution in [0.1, 0.15) is 48.9 Å². The first-order valence-electron chi connectivity index (χ1n) is 6.86. The average molecular weight is 278 g/mol. The minimum Gasteiger partial charge on any atom is -0.477 e. The smallest absolute Gasteiger partial charge is 0.342 e. The van der Waals surface area contributed by atoms with E-state index in [0.29, 0.717) is 11.7 Å². The van der Waals surface area contributed by atoms with Gasteiger partial charge in [-0.15, -0.1) is 0 Å². The third-order valence-electron chi connectivity index (χ3n) is 3.65. The van der Waals surface area contributed by atoms with Crippen molar-refractivity contribution < 1.29 is 14.8 Å². The number of aromatic carboxylic acids is 1. The van der Waals surface area contributed by atoms with Crippen molar-refractivity contribution in [3.05, 3.63) is 33.9 Å². The maximum Gasteiger partial charge on any atom is 0.342 e. The minimum atomic E-state index is -1.28. The molecule has 1 aliphatic rings. The number of anilines is 1. The summed E-state index contributed by atoms with van der Waals surface area (Å²) in [5.74, 6) is -1.28. The van der Waals surface area contributed by atoms with Crippen molar-refractivity contribution >= 4 is 17.3 Å². The van der Waals surface area contributed by atoms with Gasteiger partial charge in [-0.3, -0.25) is 10.1 Å². The maximum atomic E-state index is 10.9. The summed E-state index contributed by atoms with van der Waals surface area (Å²) in [5, 5.41) is 23.2. The fourth-order valence-electron chi connectivity index (χ4n) is 2.61. The highest BCUT2D eigenvalue weighted by atomic mass is 16.6. The number of nitro benzene ring substituents is 1. The summed E-state index contributed by atoms with van der Waals surface area (Å²) in [6.45, 7) is 0. The van der Waals surface area contributed by atoms with E-state index in [-0.39, 0.29) is 11.3 Å². The predicted octanol–water partition coefficient (Wildman–Crippen LogP) is 3.43. The predicted molar refractivity (Wildman–Crippen MR) is 75.2 cm³/mol. The van der Waals surface area contributed by atoms with Crippen LogP contribution in [-0.2, 0) is 0 Å². The Bertz CT molecular complexity index is 508. The summed E-state index contributed by atoms with van der Waals surface area (Å²) in [4.78, 5) is 21.2. The molecule has 0 radical (unpaired) electrons. The molecule has 0 atom stereocenters. The Morgan fingerprint density at radius 2 is 1.90 bits per heavy atom. The molecule has 1 saturated carbocycles. The summed E-state index contributed by atoms with van der Waals surface area (Å²) in [7, 11) is 0. The van der Waals surface area contributed by atoms with Crippen molar-refractivity contribution in [1.29, 1.82) is 0 Å². The first-order chi connectivity index (χ1) is 9.58. The molecule has 108 valence electrons. The summed E-state index contributed by atoms with van der Waals surface area (Å²) >= 11 is 0. The number of hydrogen-bond acceptors (Lipinski definition) is 4. The molecule has 1 fully saturated rings. The molecule has 1 aliphatic carbocycles. The highest BCUT2D eigenvalue weighted by Crippen LogP contribution is 2.26. The normalized spacial score (nSPS) is 16.4. The van der Waals surface area contributed by atoms with Gasteiger partial charge in [0, 0.05) is 17.8 Å². The van der Waals surface area contributed by atoms with Gasteiger partial charge in [0.2, 0.25) is 0 Å².